The van der Waals surface area contributed by atoms with Crippen molar-refractivity contribution in [3.63, 3.8) is 0 Å². The van der Waals surface area contributed by atoms with E-state index < -0.39 is 5.97 Å². The van der Waals surface area contributed by atoms with Crippen LogP contribution >= 0.6 is 11.6 Å². The van der Waals surface area contributed by atoms with Crippen LogP contribution in [0.25, 0.3) is 0 Å². The lowest BCUT2D eigenvalue weighted by atomic mass is 10.0. The van der Waals surface area contributed by atoms with Crippen molar-refractivity contribution in [2.24, 2.45) is 5.92 Å². The van der Waals surface area contributed by atoms with Gasteiger partial charge in [-0.05, 0) is 36.1 Å². The Morgan fingerprint density at radius 2 is 2.14 bits per heavy atom. The number of halogens is 1. The molecule has 1 aliphatic rings. The highest BCUT2D eigenvalue weighted by Gasteiger charge is 2.19. The van der Waals surface area contributed by atoms with Crippen LogP contribution in [0.15, 0.2) is 36.4 Å². The molecule has 2 rings (SSSR count). The third kappa shape index (κ3) is 3.98. The van der Waals surface area contributed by atoms with Crippen LogP contribution < -0.4 is 0 Å². The van der Waals surface area contributed by atoms with Crippen molar-refractivity contribution < 1.29 is 14.6 Å². The van der Waals surface area contributed by atoms with Gasteiger partial charge in [-0.25, -0.2) is 4.79 Å². The number of allylic oxidation sites excluding steroid dienone is 3. The number of phenols is 1. The van der Waals surface area contributed by atoms with Crippen LogP contribution in [0, 0.1) is 11.3 Å². The summed E-state index contributed by atoms with van der Waals surface area (Å²) in [4.78, 5) is 12.2. The molecule has 0 aromatic heterocycles. The minimum Gasteiger partial charge on any atom is -0.506 e. The predicted octanol–water partition coefficient (Wildman–Crippen LogP) is 3.92. The number of benzene rings is 1. The lowest BCUT2D eigenvalue weighted by molar-refractivity contribution is 0.0548. The predicted molar refractivity (Wildman–Crippen MR) is 86.9 cm³/mol. The fourth-order valence-corrected chi connectivity index (χ4v) is 2.45. The summed E-state index contributed by atoms with van der Waals surface area (Å²) < 4.78 is 5.20. The van der Waals surface area contributed by atoms with Crippen molar-refractivity contribution in [1.82, 2.24) is 0 Å². The van der Waals surface area contributed by atoms with E-state index in [2.05, 4.69) is 6.92 Å². The Hall–Kier alpha value is -2.07. The second-order valence-electron chi connectivity index (χ2n) is 5.27. The Kier molecular flexibility index (Phi) is 5.39. The molecular weight excluding hydrogens is 302 g/mol. The summed E-state index contributed by atoms with van der Waals surface area (Å²) >= 11 is 6.10. The van der Waals surface area contributed by atoms with Gasteiger partial charge in [0.05, 0.1) is 10.6 Å². The maximum absolute atomic E-state index is 12.2. The van der Waals surface area contributed by atoms with E-state index in [1.807, 2.05) is 12.2 Å². The highest BCUT2D eigenvalue weighted by molar-refractivity contribution is 6.33. The first-order valence-electron chi connectivity index (χ1n) is 7.07. The molecule has 22 heavy (non-hydrogen) atoms. The molecule has 0 saturated carbocycles. The number of rotatable bonds is 0. The minimum atomic E-state index is -0.509. The zero-order chi connectivity index (χ0) is 16.1. The monoisotopic (exact) mass is 319 g/mol. The van der Waals surface area contributed by atoms with Gasteiger partial charge in [-0.3, -0.25) is 0 Å². The molecule has 0 fully saturated rings. The number of carbonyl (C=O) groups excluding carboxylic acids is 1. The van der Waals surface area contributed by atoms with Crippen LogP contribution in [-0.4, -0.2) is 23.4 Å². The summed E-state index contributed by atoms with van der Waals surface area (Å²) in [6.07, 6.45) is 8.38. The van der Waals surface area contributed by atoms with Gasteiger partial charge in [0.2, 0.25) is 0 Å². The van der Waals surface area contributed by atoms with Crippen LogP contribution in [0.3, 0.4) is 0 Å². The number of cyclic esters (lactones) is 1. The highest BCUT2D eigenvalue weighted by atomic mass is 35.5. The molecule has 0 radical (unpaired) electrons. The number of fused-ring (bicyclic) bond motifs is 1. The second-order valence-corrected chi connectivity index (χ2v) is 5.65. The molecule has 0 aliphatic carbocycles. The van der Waals surface area contributed by atoms with E-state index in [1.54, 1.807) is 12.2 Å². The van der Waals surface area contributed by atoms with Crippen LogP contribution in [-0.2, 0) is 11.2 Å². The number of phenolic OH excluding ortho intramolecular Hbond substituents is 1. The Balaban J connectivity index is 2.41. The molecule has 1 unspecified atom stereocenters. The molecule has 116 valence electrons. The van der Waals surface area contributed by atoms with Crippen LogP contribution in [0.2, 0.25) is 5.02 Å². The number of hydrogen-bond donors (Lipinski definition) is 2. The summed E-state index contributed by atoms with van der Waals surface area (Å²) in [7, 11) is 0. The van der Waals surface area contributed by atoms with Crippen LogP contribution in [0.4, 0.5) is 0 Å². The molecule has 1 aromatic rings. The Morgan fingerprint density at radius 3 is 2.91 bits per heavy atom. The molecule has 4 nitrogen and oxygen atoms in total. The normalized spacial score (nSPS) is 22.5. The molecule has 0 amide bonds. The average Bonchev–Trinajstić information content (AvgIpc) is 2.48. The standard InChI is InChI=1S/C17H18ClNO3/c1-11-4-2-6-12(19)10-14-13(7-8-15(20)16(14)18)17(21)22-9-3-5-11/h2-3,5-8,11,19-20H,4,9-10H2,1H3/b5-3+,6-2+,19-12?. The molecule has 5 heteroatoms. The summed E-state index contributed by atoms with van der Waals surface area (Å²) in [5.74, 6) is -0.313. The summed E-state index contributed by atoms with van der Waals surface area (Å²) in [5, 5.41) is 17.8. The number of nitrogens with one attached hydrogen (secondary N) is 1. The van der Waals surface area contributed by atoms with E-state index in [1.165, 1.54) is 12.1 Å². The van der Waals surface area contributed by atoms with Gasteiger partial charge in [-0.1, -0.05) is 36.8 Å². The first kappa shape index (κ1) is 16.3. The van der Waals surface area contributed by atoms with E-state index >= 15 is 0 Å². The largest absolute Gasteiger partial charge is 0.506 e. The van der Waals surface area contributed by atoms with E-state index in [0.717, 1.165) is 6.42 Å². The lowest BCUT2D eigenvalue weighted by Crippen LogP contribution is -2.11. The molecule has 0 saturated heterocycles. The summed E-state index contributed by atoms with van der Waals surface area (Å²) in [6, 6.07) is 2.83. The highest BCUT2D eigenvalue weighted by Crippen LogP contribution is 2.31. The van der Waals surface area contributed by atoms with Crippen molar-refractivity contribution in [2.75, 3.05) is 6.61 Å². The number of carbonyl (C=O) groups is 1. The number of ether oxygens (including phenoxy) is 1. The molecule has 1 atom stereocenters. The summed E-state index contributed by atoms with van der Waals surface area (Å²) in [5.41, 5.74) is 1.01. The van der Waals surface area contributed by atoms with Gasteiger partial charge in [0, 0.05) is 12.1 Å². The van der Waals surface area contributed by atoms with Gasteiger partial charge in [-0.15, -0.1) is 0 Å². The smallest absolute Gasteiger partial charge is 0.338 e. The maximum atomic E-state index is 12.2. The van der Waals surface area contributed by atoms with Gasteiger partial charge in [0.1, 0.15) is 12.4 Å². The zero-order valence-electron chi connectivity index (χ0n) is 12.3. The van der Waals surface area contributed by atoms with Crippen molar-refractivity contribution in [1.29, 1.82) is 5.41 Å². The Morgan fingerprint density at radius 1 is 1.36 bits per heavy atom. The Labute approximate surface area is 134 Å². The third-order valence-electron chi connectivity index (χ3n) is 3.41. The molecule has 0 spiro atoms. The van der Waals surface area contributed by atoms with Gasteiger partial charge >= 0.3 is 5.97 Å². The Bertz CT molecular complexity index is 650. The SMILES string of the molecule is CC1/C=C/COC(=O)c2ccc(O)c(Cl)c2CC(=N)/C=C/C1. The molecule has 2 N–H and O–H groups in total. The maximum Gasteiger partial charge on any atom is 0.338 e. The molecule has 0 bridgehead atoms. The van der Waals surface area contributed by atoms with E-state index in [-0.39, 0.29) is 29.4 Å². The minimum absolute atomic E-state index is 0.0892. The topological polar surface area (TPSA) is 70.4 Å². The number of hydrogen-bond acceptors (Lipinski definition) is 4. The van der Waals surface area contributed by atoms with E-state index in [4.69, 9.17) is 21.7 Å². The van der Waals surface area contributed by atoms with Gasteiger partial charge in [0.25, 0.3) is 0 Å². The quantitative estimate of drug-likeness (QED) is 0.562. The van der Waals surface area contributed by atoms with Crippen LogP contribution in [0.1, 0.15) is 29.3 Å². The molecule has 1 aromatic carbocycles. The van der Waals surface area contributed by atoms with Gasteiger partial charge in [-0.2, -0.15) is 0 Å². The third-order valence-corrected chi connectivity index (χ3v) is 3.83. The van der Waals surface area contributed by atoms with Crippen molar-refractivity contribution in [2.45, 2.75) is 19.8 Å². The van der Waals surface area contributed by atoms with Crippen molar-refractivity contribution in [3.05, 3.63) is 52.6 Å². The van der Waals surface area contributed by atoms with Crippen molar-refractivity contribution in [3.8, 4) is 5.75 Å². The average molecular weight is 320 g/mol. The molecule has 1 aliphatic heterocycles. The fraction of sp³-hybridized carbons (Fsp3) is 0.294. The molecular formula is C17H18ClNO3. The zero-order valence-corrected chi connectivity index (χ0v) is 13.1. The lowest BCUT2D eigenvalue weighted by Gasteiger charge is -2.11. The van der Waals surface area contributed by atoms with Gasteiger partial charge in [0.15, 0.2) is 0 Å². The fourth-order valence-electron chi connectivity index (χ4n) is 2.22. The first-order chi connectivity index (χ1) is 10.5. The number of aromatic hydroxyl groups is 1. The number of esters is 1. The van der Waals surface area contributed by atoms with E-state index in [0.29, 0.717) is 17.2 Å². The summed E-state index contributed by atoms with van der Waals surface area (Å²) in [6.45, 7) is 2.23. The van der Waals surface area contributed by atoms with Crippen LogP contribution in [0.5, 0.6) is 5.75 Å². The van der Waals surface area contributed by atoms with E-state index in [9.17, 15) is 9.90 Å². The molecule has 1 heterocycles. The first-order valence-corrected chi connectivity index (χ1v) is 7.45. The second kappa shape index (κ2) is 7.27. The van der Waals surface area contributed by atoms with Crippen molar-refractivity contribution >= 4 is 23.3 Å². The van der Waals surface area contributed by atoms with Gasteiger partial charge < -0.3 is 15.3 Å².